The fraction of sp³-hybridized carbons (Fsp3) is 0.692. The Hall–Kier alpha value is -0.810. The van der Waals surface area contributed by atoms with Crippen molar-refractivity contribution in [2.45, 2.75) is 55.0 Å². The van der Waals surface area contributed by atoms with Crippen LogP contribution in [0.1, 0.15) is 37.8 Å². The molecule has 1 saturated carbocycles. The van der Waals surface area contributed by atoms with Crippen LogP contribution in [0.25, 0.3) is 0 Å². The quantitative estimate of drug-likeness (QED) is 0.833. The second-order valence-electron chi connectivity index (χ2n) is 5.33. The van der Waals surface area contributed by atoms with Crippen LogP contribution >= 0.6 is 11.8 Å². The third-order valence-electron chi connectivity index (χ3n) is 3.84. The summed E-state index contributed by atoms with van der Waals surface area (Å²) in [5, 5.41) is 1.38. The lowest BCUT2D eigenvalue weighted by Crippen LogP contribution is -2.46. The number of ether oxygens (including phenoxy) is 1. The number of anilines is 1. The molecule has 1 aliphatic carbocycles. The van der Waals surface area contributed by atoms with Crippen molar-refractivity contribution in [3.63, 3.8) is 0 Å². The van der Waals surface area contributed by atoms with E-state index in [4.69, 9.17) is 10.5 Å². The molecule has 5 heteroatoms. The molecule has 1 saturated heterocycles. The average Bonchev–Trinajstić information content (AvgIpc) is 2.26. The van der Waals surface area contributed by atoms with Gasteiger partial charge in [0.1, 0.15) is 5.82 Å². The van der Waals surface area contributed by atoms with E-state index in [1.54, 1.807) is 11.8 Å². The molecule has 98 valence electrons. The summed E-state index contributed by atoms with van der Waals surface area (Å²) in [7, 11) is 0. The van der Waals surface area contributed by atoms with Gasteiger partial charge in [-0.2, -0.15) is 0 Å². The van der Waals surface area contributed by atoms with Gasteiger partial charge in [0.15, 0.2) is 5.16 Å². The maximum Gasteiger partial charge on any atom is 0.189 e. The maximum atomic E-state index is 5.94. The molecule has 0 radical (unpaired) electrons. The van der Waals surface area contributed by atoms with Gasteiger partial charge in [0.25, 0.3) is 0 Å². The first-order valence-corrected chi connectivity index (χ1v) is 7.45. The Morgan fingerprint density at radius 2 is 2.28 bits per heavy atom. The van der Waals surface area contributed by atoms with Gasteiger partial charge in [-0.15, -0.1) is 0 Å². The molecule has 4 nitrogen and oxygen atoms in total. The summed E-state index contributed by atoms with van der Waals surface area (Å²) in [6.07, 6.45) is 5.98. The van der Waals surface area contributed by atoms with Gasteiger partial charge in [0, 0.05) is 23.6 Å². The molecule has 1 unspecified atom stereocenters. The number of nitrogens with zero attached hydrogens (tertiary/aromatic N) is 2. The summed E-state index contributed by atoms with van der Waals surface area (Å²) in [6.45, 7) is 2.83. The van der Waals surface area contributed by atoms with Crippen LogP contribution in [0.15, 0.2) is 11.2 Å². The summed E-state index contributed by atoms with van der Waals surface area (Å²) in [5.41, 5.74) is 6.89. The van der Waals surface area contributed by atoms with Gasteiger partial charge in [-0.25, -0.2) is 9.97 Å². The minimum Gasteiger partial charge on any atom is -0.384 e. The van der Waals surface area contributed by atoms with E-state index in [1.807, 2.05) is 13.0 Å². The lowest BCUT2D eigenvalue weighted by molar-refractivity contribution is -0.125. The highest BCUT2D eigenvalue weighted by Crippen LogP contribution is 2.45. The highest BCUT2D eigenvalue weighted by atomic mass is 32.2. The van der Waals surface area contributed by atoms with Crippen molar-refractivity contribution in [1.82, 2.24) is 9.97 Å². The van der Waals surface area contributed by atoms with Crippen LogP contribution < -0.4 is 5.73 Å². The summed E-state index contributed by atoms with van der Waals surface area (Å²) in [5.74, 6) is 0.565. The zero-order valence-corrected chi connectivity index (χ0v) is 11.5. The fourth-order valence-corrected chi connectivity index (χ4v) is 4.02. The topological polar surface area (TPSA) is 61.0 Å². The third kappa shape index (κ3) is 2.47. The number of rotatable bonds is 2. The van der Waals surface area contributed by atoms with Crippen molar-refractivity contribution in [3.05, 3.63) is 11.8 Å². The lowest BCUT2D eigenvalue weighted by atomic mass is 9.75. The minimum atomic E-state index is 0.186. The van der Waals surface area contributed by atoms with Crippen molar-refractivity contribution < 1.29 is 4.74 Å². The van der Waals surface area contributed by atoms with E-state index in [-0.39, 0.29) is 5.60 Å². The molecule has 1 spiro atoms. The Morgan fingerprint density at radius 3 is 2.94 bits per heavy atom. The van der Waals surface area contributed by atoms with Crippen LogP contribution in [-0.4, -0.2) is 27.4 Å². The van der Waals surface area contributed by atoms with Crippen LogP contribution in [0.2, 0.25) is 0 Å². The fourth-order valence-electron chi connectivity index (χ4n) is 2.77. The monoisotopic (exact) mass is 265 g/mol. The van der Waals surface area contributed by atoms with Gasteiger partial charge >= 0.3 is 0 Å². The van der Waals surface area contributed by atoms with E-state index in [0.717, 1.165) is 30.3 Å². The number of aromatic nitrogens is 2. The van der Waals surface area contributed by atoms with E-state index in [9.17, 15) is 0 Å². The van der Waals surface area contributed by atoms with E-state index >= 15 is 0 Å². The maximum absolute atomic E-state index is 5.94. The number of nitrogens with two attached hydrogens (primary N) is 1. The van der Waals surface area contributed by atoms with Gasteiger partial charge in [0.05, 0.1) is 5.60 Å². The van der Waals surface area contributed by atoms with E-state index in [2.05, 4.69) is 9.97 Å². The normalized spacial score (nSPS) is 25.9. The van der Waals surface area contributed by atoms with Crippen molar-refractivity contribution in [1.29, 1.82) is 0 Å². The first-order valence-electron chi connectivity index (χ1n) is 6.57. The standard InChI is InChI=1S/C13H19N3OS/c1-9-7-11(14)16-12(15-9)18-10-3-6-17-13(8-10)4-2-5-13/h7,10H,2-6,8H2,1H3,(H2,14,15,16). The summed E-state index contributed by atoms with van der Waals surface area (Å²) in [4.78, 5) is 8.76. The SMILES string of the molecule is Cc1cc(N)nc(SC2CCOC3(CCC3)C2)n1. The van der Waals surface area contributed by atoms with Gasteiger partial charge in [-0.05, 0) is 39.0 Å². The second kappa shape index (κ2) is 4.70. The Bertz CT molecular complexity index is 428. The molecule has 1 aromatic rings. The molecule has 0 amide bonds. The summed E-state index contributed by atoms with van der Waals surface area (Å²) in [6, 6.07) is 1.81. The molecule has 18 heavy (non-hydrogen) atoms. The smallest absolute Gasteiger partial charge is 0.189 e. The highest BCUT2D eigenvalue weighted by molar-refractivity contribution is 7.99. The van der Waals surface area contributed by atoms with Gasteiger partial charge in [0.2, 0.25) is 0 Å². The zero-order valence-electron chi connectivity index (χ0n) is 10.7. The van der Waals surface area contributed by atoms with Crippen LogP contribution in [0.4, 0.5) is 5.82 Å². The number of hydrogen-bond donors (Lipinski definition) is 1. The first-order chi connectivity index (χ1) is 8.65. The Labute approximate surface area is 112 Å². The molecule has 3 rings (SSSR count). The lowest BCUT2D eigenvalue weighted by Gasteiger charge is -2.46. The molecule has 0 aromatic carbocycles. The van der Waals surface area contributed by atoms with Gasteiger partial charge in [-0.1, -0.05) is 11.8 Å². The first kappa shape index (κ1) is 12.2. The molecule has 1 aliphatic heterocycles. The number of nitrogen functional groups attached to an aromatic ring is 1. The average molecular weight is 265 g/mol. The number of aryl methyl sites for hydroxylation is 1. The van der Waals surface area contributed by atoms with Crippen LogP contribution in [0.5, 0.6) is 0 Å². The number of hydrogen-bond acceptors (Lipinski definition) is 5. The molecule has 0 bridgehead atoms. The largest absolute Gasteiger partial charge is 0.384 e. The predicted molar refractivity (Wildman–Crippen MR) is 72.6 cm³/mol. The van der Waals surface area contributed by atoms with Crippen LogP contribution in [0, 0.1) is 6.92 Å². The summed E-state index contributed by atoms with van der Waals surface area (Å²) < 4.78 is 5.94. The third-order valence-corrected chi connectivity index (χ3v) is 4.97. The highest BCUT2D eigenvalue weighted by Gasteiger charge is 2.42. The molecule has 2 heterocycles. The van der Waals surface area contributed by atoms with Gasteiger partial charge in [-0.3, -0.25) is 0 Å². The minimum absolute atomic E-state index is 0.186. The predicted octanol–water partition coefficient (Wildman–Crippen LogP) is 2.56. The van der Waals surface area contributed by atoms with E-state index in [1.165, 1.54) is 19.3 Å². The Morgan fingerprint density at radius 1 is 1.44 bits per heavy atom. The molecular formula is C13H19N3OS. The van der Waals surface area contributed by atoms with Crippen molar-refractivity contribution in [2.75, 3.05) is 12.3 Å². The van der Waals surface area contributed by atoms with E-state index in [0.29, 0.717) is 11.1 Å². The van der Waals surface area contributed by atoms with Gasteiger partial charge < -0.3 is 10.5 Å². The Balaban J connectivity index is 1.68. The van der Waals surface area contributed by atoms with Crippen LogP contribution in [-0.2, 0) is 4.74 Å². The van der Waals surface area contributed by atoms with Crippen molar-refractivity contribution >= 4 is 17.6 Å². The van der Waals surface area contributed by atoms with E-state index < -0.39 is 0 Å². The van der Waals surface area contributed by atoms with Crippen molar-refractivity contribution in [3.8, 4) is 0 Å². The molecule has 2 fully saturated rings. The molecule has 1 aromatic heterocycles. The Kier molecular flexibility index (Phi) is 3.20. The van der Waals surface area contributed by atoms with Crippen molar-refractivity contribution in [2.24, 2.45) is 0 Å². The molecule has 2 aliphatic rings. The zero-order chi connectivity index (χ0) is 12.6. The molecule has 1 atom stereocenters. The van der Waals surface area contributed by atoms with Crippen LogP contribution in [0.3, 0.4) is 0 Å². The molecular weight excluding hydrogens is 246 g/mol. The molecule has 2 N–H and O–H groups in total. The number of thioether (sulfide) groups is 1. The summed E-state index contributed by atoms with van der Waals surface area (Å²) >= 11 is 1.76. The second-order valence-corrected chi connectivity index (χ2v) is 6.60.